The second-order valence-corrected chi connectivity index (χ2v) is 6.29. The van der Waals surface area contributed by atoms with E-state index >= 15 is 0 Å². The van der Waals surface area contributed by atoms with Crippen molar-refractivity contribution in [1.29, 1.82) is 0 Å². The minimum absolute atomic E-state index is 0.134. The number of hydrogen-bond acceptors (Lipinski definition) is 2. The van der Waals surface area contributed by atoms with Gasteiger partial charge in [0.15, 0.2) is 0 Å². The first-order chi connectivity index (χ1) is 9.10. The fraction of sp³-hybridized carbons (Fsp3) is 0.647. The second-order valence-electron chi connectivity index (χ2n) is 6.29. The standard InChI is InChI=1S/C17H28N2/c1-4-5-14-6-8-15(9-7-14)17(18)12-19(3)11-16-10-13(16)2/h6-9,13,16-17H,4-5,10-12,18H2,1-3H3. The molecule has 0 saturated heterocycles. The number of nitrogens with two attached hydrogens (primary N) is 1. The third-order valence-corrected chi connectivity index (χ3v) is 4.28. The monoisotopic (exact) mass is 260 g/mol. The molecule has 106 valence electrons. The van der Waals surface area contributed by atoms with Crippen LogP contribution in [0.2, 0.25) is 0 Å². The van der Waals surface area contributed by atoms with Crippen LogP contribution in [-0.4, -0.2) is 25.0 Å². The van der Waals surface area contributed by atoms with Crippen molar-refractivity contribution in [2.24, 2.45) is 17.6 Å². The molecule has 0 radical (unpaired) electrons. The minimum atomic E-state index is 0.134. The van der Waals surface area contributed by atoms with Crippen LogP contribution in [0.1, 0.15) is 43.9 Å². The Bertz CT molecular complexity index is 385. The summed E-state index contributed by atoms with van der Waals surface area (Å²) < 4.78 is 0. The summed E-state index contributed by atoms with van der Waals surface area (Å²) in [5, 5.41) is 0. The molecule has 1 saturated carbocycles. The van der Waals surface area contributed by atoms with E-state index in [4.69, 9.17) is 5.73 Å². The van der Waals surface area contributed by atoms with Gasteiger partial charge in [0.2, 0.25) is 0 Å². The zero-order chi connectivity index (χ0) is 13.8. The quantitative estimate of drug-likeness (QED) is 0.815. The second kappa shape index (κ2) is 6.53. The SMILES string of the molecule is CCCc1ccc(C(N)CN(C)CC2CC2C)cc1. The maximum atomic E-state index is 6.31. The summed E-state index contributed by atoms with van der Waals surface area (Å²) in [6, 6.07) is 8.98. The van der Waals surface area contributed by atoms with Gasteiger partial charge < -0.3 is 10.6 Å². The normalized spacial score (nSPS) is 23.6. The number of likely N-dealkylation sites (N-methyl/N-ethyl adjacent to an activating group) is 1. The van der Waals surface area contributed by atoms with Crippen LogP contribution < -0.4 is 5.73 Å². The van der Waals surface area contributed by atoms with Gasteiger partial charge in [-0.2, -0.15) is 0 Å². The third-order valence-electron chi connectivity index (χ3n) is 4.28. The first kappa shape index (κ1) is 14.5. The lowest BCUT2D eigenvalue weighted by molar-refractivity contribution is 0.296. The Labute approximate surface area is 118 Å². The number of nitrogens with zero attached hydrogens (tertiary/aromatic N) is 1. The maximum absolute atomic E-state index is 6.31. The number of rotatable bonds is 7. The zero-order valence-electron chi connectivity index (χ0n) is 12.6. The topological polar surface area (TPSA) is 29.3 Å². The Kier molecular flexibility index (Phi) is 5.00. The minimum Gasteiger partial charge on any atom is -0.323 e. The largest absolute Gasteiger partial charge is 0.323 e. The molecular formula is C17H28N2. The molecular weight excluding hydrogens is 232 g/mol. The molecule has 19 heavy (non-hydrogen) atoms. The summed E-state index contributed by atoms with van der Waals surface area (Å²) in [7, 11) is 2.19. The molecule has 0 aromatic heterocycles. The molecule has 0 heterocycles. The van der Waals surface area contributed by atoms with Crippen molar-refractivity contribution < 1.29 is 0 Å². The van der Waals surface area contributed by atoms with Crippen LogP contribution >= 0.6 is 0 Å². The molecule has 0 amide bonds. The number of aryl methyl sites for hydroxylation is 1. The van der Waals surface area contributed by atoms with Gasteiger partial charge >= 0.3 is 0 Å². The van der Waals surface area contributed by atoms with Gasteiger partial charge in [-0.25, -0.2) is 0 Å². The lowest BCUT2D eigenvalue weighted by Crippen LogP contribution is -2.30. The highest BCUT2D eigenvalue weighted by Gasteiger charge is 2.33. The molecule has 1 aromatic rings. The van der Waals surface area contributed by atoms with Crippen molar-refractivity contribution >= 4 is 0 Å². The van der Waals surface area contributed by atoms with E-state index < -0.39 is 0 Å². The predicted octanol–water partition coefficient (Wildman–Crippen LogP) is 3.23. The summed E-state index contributed by atoms with van der Waals surface area (Å²) in [4.78, 5) is 2.39. The zero-order valence-corrected chi connectivity index (χ0v) is 12.6. The van der Waals surface area contributed by atoms with Gasteiger partial charge in [0, 0.05) is 19.1 Å². The molecule has 2 N–H and O–H groups in total. The summed E-state index contributed by atoms with van der Waals surface area (Å²) >= 11 is 0. The average Bonchev–Trinajstić information content (AvgIpc) is 3.05. The highest BCUT2D eigenvalue weighted by molar-refractivity contribution is 5.25. The van der Waals surface area contributed by atoms with Gasteiger partial charge in [0.05, 0.1) is 0 Å². The van der Waals surface area contributed by atoms with E-state index in [0.717, 1.165) is 24.8 Å². The highest BCUT2D eigenvalue weighted by atomic mass is 15.1. The van der Waals surface area contributed by atoms with Crippen molar-refractivity contribution in [3.63, 3.8) is 0 Å². The molecule has 1 fully saturated rings. The van der Waals surface area contributed by atoms with Crippen LogP contribution in [0.4, 0.5) is 0 Å². The van der Waals surface area contributed by atoms with E-state index in [0.29, 0.717) is 0 Å². The smallest absolute Gasteiger partial charge is 0.0424 e. The van der Waals surface area contributed by atoms with Gasteiger partial charge in [0.1, 0.15) is 0 Å². The first-order valence-corrected chi connectivity index (χ1v) is 7.63. The van der Waals surface area contributed by atoms with E-state index in [-0.39, 0.29) is 6.04 Å². The van der Waals surface area contributed by atoms with Crippen molar-refractivity contribution in [3.8, 4) is 0 Å². The van der Waals surface area contributed by atoms with Crippen LogP contribution in [0.15, 0.2) is 24.3 Å². The molecule has 0 bridgehead atoms. The van der Waals surface area contributed by atoms with Crippen molar-refractivity contribution in [1.82, 2.24) is 4.90 Å². The Hall–Kier alpha value is -0.860. The fourth-order valence-corrected chi connectivity index (χ4v) is 2.79. The van der Waals surface area contributed by atoms with Crippen LogP contribution in [-0.2, 0) is 6.42 Å². The summed E-state index contributed by atoms with van der Waals surface area (Å²) in [6.45, 7) is 6.71. The molecule has 2 nitrogen and oxygen atoms in total. The molecule has 3 atom stereocenters. The van der Waals surface area contributed by atoms with Gasteiger partial charge in [0.25, 0.3) is 0 Å². The van der Waals surface area contributed by atoms with Gasteiger partial charge in [-0.05, 0) is 42.9 Å². The Balaban J connectivity index is 1.82. The maximum Gasteiger partial charge on any atom is 0.0424 e. The van der Waals surface area contributed by atoms with E-state index in [1.807, 2.05) is 0 Å². The molecule has 1 aromatic carbocycles. The average molecular weight is 260 g/mol. The Morgan fingerprint density at radius 3 is 2.47 bits per heavy atom. The van der Waals surface area contributed by atoms with E-state index in [1.165, 1.54) is 30.5 Å². The number of hydrogen-bond donors (Lipinski definition) is 1. The van der Waals surface area contributed by atoms with Crippen molar-refractivity contribution in [3.05, 3.63) is 35.4 Å². The molecule has 2 rings (SSSR count). The molecule has 0 aliphatic heterocycles. The summed E-state index contributed by atoms with van der Waals surface area (Å²) in [5.41, 5.74) is 8.98. The summed E-state index contributed by atoms with van der Waals surface area (Å²) in [5.74, 6) is 1.83. The lowest BCUT2D eigenvalue weighted by atomic mass is 10.0. The highest BCUT2D eigenvalue weighted by Crippen LogP contribution is 2.38. The van der Waals surface area contributed by atoms with Crippen LogP contribution in [0.3, 0.4) is 0 Å². The molecule has 0 spiro atoms. The van der Waals surface area contributed by atoms with Crippen LogP contribution in [0.25, 0.3) is 0 Å². The molecule has 3 unspecified atom stereocenters. The molecule has 2 heteroatoms. The van der Waals surface area contributed by atoms with Gasteiger partial charge in [-0.1, -0.05) is 44.5 Å². The fourth-order valence-electron chi connectivity index (χ4n) is 2.79. The van der Waals surface area contributed by atoms with Gasteiger partial charge in [-0.3, -0.25) is 0 Å². The number of benzene rings is 1. The Morgan fingerprint density at radius 2 is 1.95 bits per heavy atom. The Morgan fingerprint density at radius 1 is 1.32 bits per heavy atom. The lowest BCUT2D eigenvalue weighted by Gasteiger charge is -2.21. The van der Waals surface area contributed by atoms with Crippen molar-refractivity contribution in [2.45, 2.75) is 39.2 Å². The summed E-state index contributed by atoms with van der Waals surface area (Å²) in [6.07, 6.45) is 3.76. The van der Waals surface area contributed by atoms with E-state index in [9.17, 15) is 0 Å². The van der Waals surface area contributed by atoms with E-state index in [2.05, 4.69) is 50.1 Å². The third kappa shape index (κ3) is 4.32. The van der Waals surface area contributed by atoms with E-state index in [1.54, 1.807) is 0 Å². The molecule has 1 aliphatic rings. The predicted molar refractivity (Wildman–Crippen MR) is 82.1 cm³/mol. The van der Waals surface area contributed by atoms with Crippen LogP contribution in [0.5, 0.6) is 0 Å². The molecule has 1 aliphatic carbocycles. The van der Waals surface area contributed by atoms with Crippen LogP contribution in [0, 0.1) is 11.8 Å². The first-order valence-electron chi connectivity index (χ1n) is 7.63. The van der Waals surface area contributed by atoms with Crippen molar-refractivity contribution in [2.75, 3.05) is 20.1 Å². The van der Waals surface area contributed by atoms with Gasteiger partial charge in [-0.15, -0.1) is 0 Å².